The molecule has 4 heteroatoms. The first-order chi connectivity index (χ1) is 7.63. The summed E-state index contributed by atoms with van der Waals surface area (Å²) >= 11 is 0. The van der Waals surface area contributed by atoms with Gasteiger partial charge in [0.1, 0.15) is 0 Å². The standard InChI is InChI=1S/C12H23N3O/c1-10(2)5-7-15-9-11(3)14-12(15)13-6-8-16-4/h9-10H,5-8H2,1-4H3,(H,13,14). The van der Waals surface area contributed by atoms with Crippen LogP contribution >= 0.6 is 0 Å². The fraction of sp³-hybridized carbons (Fsp3) is 0.750. The molecule has 1 aromatic heterocycles. The highest BCUT2D eigenvalue weighted by Crippen LogP contribution is 2.11. The molecule has 0 fully saturated rings. The molecule has 1 N–H and O–H groups in total. The van der Waals surface area contributed by atoms with Crippen molar-refractivity contribution in [2.45, 2.75) is 33.7 Å². The summed E-state index contributed by atoms with van der Waals surface area (Å²) in [6.45, 7) is 9.02. The van der Waals surface area contributed by atoms with Crippen molar-refractivity contribution in [3.8, 4) is 0 Å². The first kappa shape index (κ1) is 13.0. The van der Waals surface area contributed by atoms with Crippen LogP contribution < -0.4 is 5.32 Å². The van der Waals surface area contributed by atoms with Crippen molar-refractivity contribution >= 4 is 5.95 Å². The summed E-state index contributed by atoms with van der Waals surface area (Å²) in [6, 6.07) is 0. The maximum absolute atomic E-state index is 5.01. The van der Waals surface area contributed by atoms with Crippen LogP contribution in [0.4, 0.5) is 5.95 Å². The Kier molecular flexibility index (Phi) is 5.32. The molecule has 1 rings (SSSR count). The van der Waals surface area contributed by atoms with Gasteiger partial charge in [-0.2, -0.15) is 0 Å². The second kappa shape index (κ2) is 6.53. The Labute approximate surface area is 98.0 Å². The number of nitrogens with one attached hydrogen (secondary N) is 1. The van der Waals surface area contributed by atoms with Crippen LogP contribution in [-0.4, -0.2) is 29.8 Å². The third kappa shape index (κ3) is 4.23. The summed E-state index contributed by atoms with van der Waals surface area (Å²) in [5.74, 6) is 1.67. The minimum atomic E-state index is 0.704. The second-order valence-corrected chi connectivity index (χ2v) is 4.50. The van der Waals surface area contributed by atoms with Gasteiger partial charge in [0.05, 0.1) is 12.3 Å². The fourth-order valence-corrected chi connectivity index (χ4v) is 1.52. The number of nitrogens with zero attached hydrogens (tertiary/aromatic N) is 2. The van der Waals surface area contributed by atoms with E-state index in [1.807, 2.05) is 6.92 Å². The van der Waals surface area contributed by atoms with Gasteiger partial charge in [-0.1, -0.05) is 13.8 Å². The zero-order valence-corrected chi connectivity index (χ0v) is 10.8. The largest absolute Gasteiger partial charge is 0.383 e. The maximum Gasteiger partial charge on any atom is 0.203 e. The predicted molar refractivity (Wildman–Crippen MR) is 66.8 cm³/mol. The van der Waals surface area contributed by atoms with Gasteiger partial charge in [-0.3, -0.25) is 0 Å². The molecule has 92 valence electrons. The van der Waals surface area contributed by atoms with E-state index in [2.05, 4.69) is 34.9 Å². The average molecular weight is 225 g/mol. The van der Waals surface area contributed by atoms with Crippen LogP contribution in [0.1, 0.15) is 26.0 Å². The Bertz CT molecular complexity index is 307. The molecule has 0 unspecified atom stereocenters. The van der Waals surface area contributed by atoms with E-state index in [4.69, 9.17) is 4.74 Å². The predicted octanol–water partition coefficient (Wildman–Crippen LogP) is 2.30. The third-order valence-corrected chi connectivity index (χ3v) is 2.43. The molecule has 0 bridgehead atoms. The number of aromatic nitrogens is 2. The van der Waals surface area contributed by atoms with E-state index in [1.54, 1.807) is 7.11 Å². The van der Waals surface area contributed by atoms with Crippen molar-refractivity contribution in [1.29, 1.82) is 0 Å². The molecule has 1 aromatic rings. The van der Waals surface area contributed by atoms with Crippen molar-refractivity contribution in [3.63, 3.8) is 0 Å². The normalized spacial score (nSPS) is 11.1. The number of hydrogen-bond donors (Lipinski definition) is 1. The summed E-state index contributed by atoms with van der Waals surface area (Å²) in [5, 5.41) is 3.29. The van der Waals surface area contributed by atoms with E-state index in [9.17, 15) is 0 Å². The third-order valence-electron chi connectivity index (χ3n) is 2.43. The van der Waals surface area contributed by atoms with Crippen LogP contribution in [0.25, 0.3) is 0 Å². The lowest BCUT2D eigenvalue weighted by molar-refractivity contribution is 0.210. The molecule has 0 radical (unpaired) electrons. The number of rotatable bonds is 7. The summed E-state index contributed by atoms with van der Waals surface area (Å²) in [4.78, 5) is 4.46. The summed E-state index contributed by atoms with van der Waals surface area (Å²) in [5.41, 5.74) is 1.06. The Morgan fingerprint density at radius 2 is 2.25 bits per heavy atom. The highest BCUT2D eigenvalue weighted by atomic mass is 16.5. The molecule has 0 aliphatic heterocycles. The molecule has 0 saturated carbocycles. The SMILES string of the molecule is COCCNc1nc(C)cn1CCC(C)C. The maximum atomic E-state index is 5.01. The summed E-state index contributed by atoms with van der Waals surface area (Å²) in [7, 11) is 1.71. The molecular weight excluding hydrogens is 202 g/mol. The Morgan fingerprint density at radius 3 is 2.88 bits per heavy atom. The zero-order chi connectivity index (χ0) is 12.0. The number of ether oxygens (including phenoxy) is 1. The minimum Gasteiger partial charge on any atom is -0.383 e. The quantitative estimate of drug-likeness (QED) is 0.724. The average Bonchev–Trinajstić information content (AvgIpc) is 2.56. The van der Waals surface area contributed by atoms with Gasteiger partial charge in [0.2, 0.25) is 5.95 Å². The van der Waals surface area contributed by atoms with Gasteiger partial charge >= 0.3 is 0 Å². The molecule has 0 atom stereocenters. The Hall–Kier alpha value is -1.03. The topological polar surface area (TPSA) is 39.1 Å². The van der Waals surface area contributed by atoms with Gasteiger partial charge < -0.3 is 14.6 Å². The lowest BCUT2D eigenvalue weighted by Crippen LogP contribution is -2.13. The van der Waals surface area contributed by atoms with Gasteiger partial charge in [0.15, 0.2) is 0 Å². The van der Waals surface area contributed by atoms with E-state index in [1.165, 1.54) is 6.42 Å². The van der Waals surface area contributed by atoms with Crippen molar-refractivity contribution in [2.75, 3.05) is 25.6 Å². The second-order valence-electron chi connectivity index (χ2n) is 4.50. The molecule has 4 nitrogen and oxygen atoms in total. The lowest BCUT2D eigenvalue weighted by atomic mass is 10.1. The molecule has 0 amide bonds. The number of imidazole rings is 1. The van der Waals surface area contributed by atoms with Crippen molar-refractivity contribution in [1.82, 2.24) is 9.55 Å². The smallest absolute Gasteiger partial charge is 0.203 e. The number of anilines is 1. The lowest BCUT2D eigenvalue weighted by Gasteiger charge is -2.10. The van der Waals surface area contributed by atoms with E-state index in [-0.39, 0.29) is 0 Å². The summed E-state index contributed by atoms with van der Waals surface area (Å²) < 4.78 is 7.19. The molecule has 0 aliphatic rings. The summed E-state index contributed by atoms with van der Waals surface area (Å²) in [6.07, 6.45) is 3.27. The van der Waals surface area contributed by atoms with Gasteiger partial charge in [-0.05, 0) is 19.3 Å². The zero-order valence-electron chi connectivity index (χ0n) is 10.8. The van der Waals surface area contributed by atoms with Crippen LogP contribution in [-0.2, 0) is 11.3 Å². The van der Waals surface area contributed by atoms with Crippen molar-refractivity contribution in [3.05, 3.63) is 11.9 Å². The number of aryl methyl sites for hydroxylation is 2. The van der Waals surface area contributed by atoms with Gasteiger partial charge in [-0.25, -0.2) is 4.98 Å². The van der Waals surface area contributed by atoms with Gasteiger partial charge in [-0.15, -0.1) is 0 Å². The van der Waals surface area contributed by atoms with Gasteiger partial charge in [0.25, 0.3) is 0 Å². The van der Waals surface area contributed by atoms with E-state index < -0.39 is 0 Å². The van der Waals surface area contributed by atoms with Crippen LogP contribution in [0.2, 0.25) is 0 Å². The highest BCUT2D eigenvalue weighted by molar-refractivity contribution is 5.28. The molecule has 0 spiro atoms. The minimum absolute atomic E-state index is 0.704. The molecule has 0 aromatic carbocycles. The first-order valence-corrected chi connectivity index (χ1v) is 5.90. The highest BCUT2D eigenvalue weighted by Gasteiger charge is 2.05. The molecule has 0 saturated heterocycles. The monoisotopic (exact) mass is 225 g/mol. The Morgan fingerprint density at radius 1 is 1.50 bits per heavy atom. The molecule has 1 heterocycles. The van der Waals surface area contributed by atoms with Crippen molar-refractivity contribution in [2.24, 2.45) is 5.92 Å². The van der Waals surface area contributed by atoms with Crippen LogP contribution in [0, 0.1) is 12.8 Å². The van der Waals surface area contributed by atoms with Crippen LogP contribution in [0.3, 0.4) is 0 Å². The number of methoxy groups -OCH3 is 1. The first-order valence-electron chi connectivity index (χ1n) is 5.90. The van der Waals surface area contributed by atoms with Gasteiger partial charge in [0, 0.05) is 26.4 Å². The number of hydrogen-bond acceptors (Lipinski definition) is 3. The molecular formula is C12H23N3O. The van der Waals surface area contributed by atoms with Crippen LogP contribution in [0.5, 0.6) is 0 Å². The van der Waals surface area contributed by atoms with E-state index in [0.29, 0.717) is 6.61 Å². The van der Waals surface area contributed by atoms with E-state index in [0.717, 1.165) is 30.6 Å². The molecule has 0 aliphatic carbocycles. The Balaban J connectivity index is 2.53. The van der Waals surface area contributed by atoms with Crippen molar-refractivity contribution < 1.29 is 4.74 Å². The fourth-order valence-electron chi connectivity index (χ4n) is 1.52. The van der Waals surface area contributed by atoms with Crippen LogP contribution in [0.15, 0.2) is 6.20 Å². The molecule has 16 heavy (non-hydrogen) atoms. The van der Waals surface area contributed by atoms with E-state index >= 15 is 0 Å².